The summed E-state index contributed by atoms with van der Waals surface area (Å²) in [5.74, 6) is 0.123. The van der Waals surface area contributed by atoms with Crippen molar-refractivity contribution in [2.24, 2.45) is 10.9 Å². The summed E-state index contributed by atoms with van der Waals surface area (Å²) in [6.45, 7) is 5.78. The predicted molar refractivity (Wildman–Crippen MR) is 181 cm³/mol. The number of nitrogens with one attached hydrogen (secondary N) is 1. The molecule has 2 aliphatic heterocycles. The number of aromatic nitrogens is 2. The molecule has 46 heavy (non-hydrogen) atoms. The highest BCUT2D eigenvalue weighted by molar-refractivity contribution is 6.15. The van der Waals surface area contributed by atoms with Crippen molar-refractivity contribution in [2.75, 3.05) is 18.0 Å². The third kappa shape index (κ3) is 6.86. The Balaban J connectivity index is 1.18. The number of hydrogen-bond donors (Lipinski definition) is 1. The zero-order chi connectivity index (χ0) is 32.0. The average Bonchev–Trinajstić information content (AvgIpc) is 3.52. The number of carbonyl (C=O) groups is 2. The van der Waals surface area contributed by atoms with E-state index in [1.54, 1.807) is 0 Å². The van der Waals surface area contributed by atoms with Gasteiger partial charge in [-0.05, 0) is 60.1 Å². The van der Waals surface area contributed by atoms with Gasteiger partial charge in [-0.3, -0.25) is 24.1 Å². The van der Waals surface area contributed by atoms with Crippen molar-refractivity contribution in [1.29, 1.82) is 0 Å². The Morgan fingerprint density at radius 3 is 2.20 bits per heavy atom. The fraction of sp³-hybridized carbons (Fsp3) is 0.342. The lowest BCUT2D eigenvalue weighted by Crippen LogP contribution is -2.33. The van der Waals surface area contributed by atoms with Crippen molar-refractivity contribution in [3.63, 3.8) is 0 Å². The first-order valence-corrected chi connectivity index (χ1v) is 16.4. The lowest BCUT2D eigenvalue weighted by atomic mass is 9.81. The number of piperidine rings is 1. The first-order chi connectivity index (χ1) is 22.4. The molecular formula is C38H40N4O4. The van der Waals surface area contributed by atoms with Gasteiger partial charge in [0.1, 0.15) is 5.78 Å². The largest absolute Gasteiger partial charge is 0.439 e. The second-order valence-electron chi connectivity index (χ2n) is 12.1. The third-order valence-corrected chi connectivity index (χ3v) is 9.10. The molecule has 0 spiro atoms. The highest BCUT2D eigenvalue weighted by Crippen LogP contribution is 2.33. The van der Waals surface area contributed by atoms with Gasteiger partial charge in [0.15, 0.2) is 11.6 Å². The molecule has 3 aromatic carbocycles. The van der Waals surface area contributed by atoms with E-state index in [9.17, 15) is 14.4 Å². The van der Waals surface area contributed by atoms with Gasteiger partial charge in [-0.25, -0.2) is 4.79 Å². The molecule has 2 aliphatic rings. The molecule has 0 radical (unpaired) electrons. The number of rotatable bonds is 11. The van der Waals surface area contributed by atoms with E-state index in [-0.39, 0.29) is 11.7 Å². The topological polar surface area (TPSA) is 109 Å². The van der Waals surface area contributed by atoms with E-state index in [2.05, 4.69) is 65.3 Å². The summed E-state index contributed by atoms with van der Waals surface area (Å²) in [4.78, 5) is 47.4. The van der Waals surface area contributed by atoms with Gasteiger partial charge in [-0.2, -0.15) is 0 Å². The summed E-state index contributed by atoms with van der Waals surface area (Å²) in [7, 11) is 0. The maximum atomic E-state index is 14.2. The average molecular weight is 617 g/mol. The number of ketones is 2. The number of carbonyl (C=O) groups excluding carboxylic acids is 2. The van der Waals surface area contributed by atoms with Crippen molar-refractivity contribution >= 4 is 23.0 Å². The highest BCUT2D eigenvalue weighted by Gasteiger charge is 2.32. The fourth-order valence-corrected chi connectivity index (χ4v) is 6.57. The Bertz CT molecular complexity index is 1820. The van der Waals surface area contributed by atoms with Crippen molar-refractivity contribution in [2.45, 2.75) is 65.2 Å². The maximum absolute atomic E-state index is 14.2. The smallest absolute Gasteiger partial charge is 0.371 e. The Morgan fingerprint density at radius 2 is 1.54 bits per heavy atom. The monoisotopic (exact) mass is 616 g/mol. The molecule has 8 heteroatoms. The van der Waals surface area contributed by atoms with Crippen LogP contribution in [0, 0.1) is 5.92 Å². The van der Waals surface area contributed by atoms with E-state index in [0.717, 1.165) is 90.1 Å². The van der Waals surface area contributed by atoms with Crippen molar-refractivity contribution in [3.05, 3.63) is 106 Å². The lowest BCUT2D eigenvalue weighted by molar-refractivity contribution is -0.119. The Hall–Kier alpha value is -4.85. The number of aryl methyl sites for hydroxylation is 1. The summed E-state index contributed by atoms with van der Waals surface area (Å²) < 4.78 is 4.73. The first kappa shape index (κ1) is 31.1. The number of H-pyrrole nitrogens is 1. The van der Waals surface area contributed by atoms with E-state index in [1.165, 1.54) is 5.56 Å². The van der Waals surface area contributed by atoms with Crippen LogP contribution in [0.3, 0.4) is 0 Å². The molecule has 6 rings (SSSR count). The minimum Gasteiger partial charge on any atom is -0.371 e. The van der Waals surface area contributed by atoms with Gasteiger partial charge in [0.25, 0.3) is 0 Å². The molecule has 1 unspecified atom stereocenters. The zero-order valence-electron chi connectivity index (χ0n) is 26.6. The second-order valence-corrected chi connectivity index (χ2v) is 12.1. The van der Waals surface area contributed by atoms with Gasteiger partial charge in [0, 0.05) is 60.6 Å². The van der Waals surface area contributed by atoms with Crippen LogP contribution in [0.4, 0.5) is 5.69 Å². The van der Waals surface area contributed by atoms with Crippen LogP contribution in [0.2, 0.25) is 0 Å². The number of nitrogens with zero attached hydrogens (tertiary/aromatic N) is 3. The van der Waals surface area contributed by atoms with Crippen molar-refractivity contribution in [3.8, 4) is 22.5 Å². The SMILES string of the molecule is CCCC1=C(Cc2ccc(-c3ccccc3-c3noc(=O)[nH]3)cc2)C(=O)C(CCc2ccc(N3CCC(=O)CC3)cc2)C(CC)=N1. The standard InChI is InChI=1S/C38H40N4O4/c1-3-7-35-33(24-26-10-15-27(16-11-26)30-8-5-6-9-31(30)37-40-38(45)46-41-37)36(44)32(34(4-2)39-35)19-14-25-12-17-28(18-13-25)42-22-20-29(43)21-23-42/h5-6,8-13,15-18,32H,3-4,7,14,19-24H2,1-2H3,(H,40,41,45). The summed E-state index contributed by atoms with van der Waals surface area (Å²) in [5, 5.41) is 3.87. The summed E-state index contributed by atoms with van der Waals surface area (Å²) in [6, 6.07) is 24.5. The molecule has 8 nitrogen and oxygen atoms in total. The molecule has 1 saturated heterocycles. The molecule has 4 aromatic rings. The number of hydrogen-bond acceptors (Lipinski definition) is 7. The number of Topliss-reactive ketones (excluding diaryl/α,β-unsaturated/α-hetero) is 2. The molecular weight excluding hydrogens is 576 g/mol. The summed E-state index contributed by atoms with van der Waals surface area (Å²) in [5.41, 5.74) is 8.83. The van der Waals surface area contributed by atoms with Crippen molar-refractivity contribution in [1.82, 2.24) is 10.1 Å². The maximum Gasteiger partial charge on any atom is 0.439 e. The van der Waals surface area contributed by atoms with Crippen LogP contribution in [0.15, 0.2) is 98.4 Å². The molecule has 0 bridgehead atoms. The summed E-state index contributed by atoms with van der Waals surface area (Å²) >= 11 is 0. The number of aliphatic imine (C=N–C) groups is 1. The first-order valence-electron chi connectivity index (χ1n) is 16.4. The van der Waals surface area contributed by atoms with Crippen LogP contribution < -0.4 is 10.7 Å². The van der Waals surface area contributed by atoms with Crippen LogP contribution in [0.5, 0.6) is 0 Å². The third-order valence-electron chi connectivity index (χ3n) is 9.10. The normalized spacial score (nSPS) is 17.0. The van der Waals surface area contributed by atoms with E-state index >= 15 is 0 Å². The van der Waals surface area contributed by atoms with Crippen LogP contribution in [0.25, 0.3) is 22.5 Å². The Kier molecular flexibility index (Phi) is 9.52. The van der Waals surface area contributed by atoms with Gasteiger partial charge in [-0.1, -0.05) is 86.1 Å². The van der Waals surface area contributed by atoms with Gasteiger partial charge >= 0.3 is 5.76 Å². The summed E-state index contributed by atoms with van der Waals surface area (Å²) in [6.07, 6.45) is 5.76. The van der Waals surface area contributed by atoms with Gasteiger partial charge < -0.3 is 4.90 Å². The Labute approximate surface area is 269 Å². The number of aromatic amines is 1. The molecule has 1 aromatic heterocycles. The fourth-order valence-electron chi connectivity index (χ4n) is 6.57. The van der Waals surface area contributed by atoms with Crippen LogP contribution >= 0.6 is 0 Å². The molecule has 3 heterocycles. The lowest BCUT2D eigenvalue weighted by Gasteiger charge is -2.28. The predicted octanol–water partition coefficient (Wildman–Crippen LogP) is 7.15. The number of allylic oxidation sites excluding steroid dienone is 2. The number of anilines is 1. The van der Waals surface area contributed by atoms with Crippen molar-refractivity contribution < 1.29 is 14.1 Å². The highest BCUT2D eigenvalue weighted by atomic mass is 16.5. The van der Waals surface area contributed by atoms with E-state index in [4.69, 9.17) is 9.52 Å². The molecule has 1 N–H and O–H groups in total. The minimum absolute atomic E-state index is 0.203. The molecule has 0 aliphatic carbocycles. The van der Waals surface area contributed by atoms with Crippen LogP contribution in [-0.2, 0) is 22.4 Å². The van der Waals surface area contributed by atoms with Crippen LogP contribution in [-0.4, -0.2) is 40.5 Å². The number of benzene rings is 3. The quantitative estimate of drug-likeness (QED) is 0.192. The van der Waals surface area contributed by atoms with Gasteiger partial charge in [-0.15, -0.1) is 0 Å². The van der Waals surface area contributed by atoms with Gasteiger partial charge in [0.05, 0.1) is 5.92 Å². The second kappa shape index (κ2) is 14.1. The Morgan fingerprint density at radius 1 is 0.848 bits per heavy atom. The van der Waals surface area contributed by atoms with E-state index in [1.807, 2.05) is 36.4 Å². The van der Waals surface area contributed by atoms with Crippen LogP contribution in [0.1, 0.15) is 63.5 Å². The van der Waals surface area contributed by atoms with E-state index in [0.29, 0.717) is 30.9 Å². The zero-order valence-corrected chi connectivity index (χ0v) is 26.6. The molecule has 0 saturated carbocycles. The molecule has 1 atom stereocenters. The van der Waals surface area contributed by atoms with E-state index < -0.39 is 5.76 Å². The van der Waals surface area contributed by atoms with Gasteiger partial charge in [0.2, 0.25) is 0 Å². The molecule has 236 valence electrons. The minimum atomic E-state index is -0.592. The molecule has 1 fully saturated rings. The molecule has 0 amide bonds.